The highest BCUT2D eigenvalue weighted by molar-refractivity contribution is 9.11. The van der Waals surface area contributed by atoms with Gasteiger partial charge >= 0.3 is 12.4 Å². The summed E-state index contributed by atoms with van der Waals surface area (Å²) in [4.78, 5) is 0.273. The van der Waals surface area contributed by atoms with Crippen molar-refractivity contribution in [3.05, 3.63) is 20.8 Å². The smallest absolute Gasteiger partial charge is 0.355 e. The van der Waals surface area contributed by atoms with Crippen LogP contribution in [0.15, 0.2) is 15.9 Å². The van der Waals surface area contributed by atoms with Crippen LogP contribution < -0.4 is 0 Å². The van der Waals surface area contributed by atoms with Crippen LogP contribution in [-0.2, 0) is 11.3 Å². The van der Waals surface area contributed by atoms with Crippen LogP contribution in [0, 0.1) is 0 Å². The minimum absolute atomic E-state index is 0.273. The maximum Gasteiger partial charge on any atom is 0.423 e. The Hall–Kier alpha value is -0.280. The molecule has 1 aromatic heterocycles. The zero-order chi connectivity index (χ0) is 13.3. The van der Waals surface area contributed by atoms with Gasteiger partial charge in [-0.05, 0) is 28.1 Å². The van der Waals surface area contributed by atoms with Crippen molar-refractivity contribution in [3.63, 3.8) is 0 Å². The van der Waals surface area contributed by atoms with Crippen LogP contribution in [0.1, 0.15) is 4.88 Å². The van der Waals surface area contributed by atoms with E-state index in [2.05, 4.69) is 20.7 Å². The lowest BCUT2D eigenvalue weighted by molar-refractivity contribution is -0.324. The summed E-state index contributed by atoms with van der Waals surface area (Å²) in [5.41, 5.74) is 0. The third-order valence-electron chi connectivity index (χ3n) is 1.62. The molecule has 0 aromatic carbocycles. The Labute approximate surface area is 105 Å². The van der Waals surface area contributed by atoms with Gasteiger partial charge in [-0.25, -0.2) is 0 Å². The molecule has 17 heavy (non-hydrogen) atoms. The summed E-state index contributed by atoms with van der Waals surface area (Å²) in [7, 11) is 0. The Morgan fingerprint density at radius 1 is 1.12 bits per heavy atom. The second kappa shape index (κ2) is 5.15. The topological polar surface area (TPSA) is 9.23 Å². The van der Waals surface area contributed by atoms with E-state index in [0.717, 1.165) is 11.3 Å². The number of alkyl halides is 6. The molecule has 0 spiro atoms. The van der Waals surface area contributed by atoms with Gasteiger partial charge in [0.15, 0.2) is 0 Å². The lowest BCUT2D eigenvalue weighted by Gasteiger charge is -2.22. The van der Waals surface area contributed by atoms with Crippen molar-refractivity contribution in [3.8, 4) is 0 Å². The average Bonchev–Trinajstić information content (AvgIpc) is 2.46. The van der Waals surface area contributed by atoms with Gasteiger partial charge in [-0.3, -0.25) is 0 Å². The number of ether oxygens (including phenoxy) is 1. The Morgan fingerprint density at radius 3 is 2.00 bits per heavy atom. The normalized spacial score (nSPS) is 13.4. The molecule has 98 valence electrons. The lowest BCUT2D eigenvalue weighted by Crippen LogP contribution is -2.44. The van der Waals surface area contributed by atoms with Gasteiger partial charge in [-0.2, -0.15) is 26.3 Å². The summed E-state index contributed by atoms with van der Waals surface area (Å²) in [5, 5.41) is 0. The van der Waals surface area contributed by atoms with Crippen molar-refractivity contribution in [2.45, 2.75) is 25.1 Å². The zero-order valence-corrected chi connectivity index (χ0v) is 10.3. The molecule has 9 heteroatoms. The molecular formula is C8H5BrF6OS. The van der Waals surface area contributed by atoms with Gasteiger partial charge in [0, 0.05) is 4.88 Å². The van der Waals surface area contributed by atoms with Gasteiger partial charge < -0.3 is 4.74 Å². The number of rotatable bonds is 3. The van der Waals surface area contributed by atoms with E-state index in [1.807, 2.05) is 0 Å². The highest BCUT2D eigenvalue weighted by Gasteiger charge is 2.57. The highest BCUT2D eigenvalue weighted by atomic mass is 79.9. The second-order valence-corrected chi connectivity index (χ2v) is 5.53. The van der Waals surface area contributed by atoms with Crippen molar-refractivity contribution >= 4 is 27.3 Å². The first-order valence-electron chi connectivity index (χ1n) is 4.10. The van der Waals surface area contributed by atoms with Crippen LogP contribution in [0.2, 0.25) is 0 Å². The van der Waals surface area contributed by atoms with Crippen LogP contribution in [0.4, 0.5) is 26.3 Å². The second-order valence-electron chi connectivity index (χ2n) is 2.98. The summed E-state index contributed by atoms with van der Waals surface area (Å²) < 4.78 is 77.0. The maximum absolute atomic E-state index is 12.1. The van der Waals surface area contributed by atoms with E-state index in [4.69, 9.17) is 0 Å². The molecule has 0 N–H and O–H groups in total. The third kappa shape index (κ3) is 4.47. The molecule has 0 aliphatic carbocycles. The quantitative estimate of drug-likeness (QED) is 0.734. The zero-order valence-electron chi connectivity index (χ0n) is 7.90. The van der Waals surface area contributed by atoms with Gasteiger partial charge in [-0.15, -0.1) is 11.3 Å². The lowest BCUT2D eigenvalue weighted by atomic mass is 10.3. The molecule has 1 rings (SSSR count). The number of thiophene rings is 1. The molecule has 0 unspecified atom stereocenters. The van der Waals surface area contributed by atoms with Gasteiger partial charge in [0.25, 0.3) is 0 Å². The molecule has 0 aliphatic heterocycles. The standard InChI is InChI=1S/C8H5BrF6OS/c9-5-2-1-4(17-5)3-16-6(7(10,11)12)8(13,14)15/h1-2,6H,3H2. The predicted octanol–water partition coefficient (Wildman–Crippen LogP) is 4.52. The summed E-state index contributed by atoms with van der Waals surface area (Å²) in [6, 6.07) is 2.90. The van der Waals surface area contributed by atoms with E-state index in [1.54, 1.807) is 0 Å². The van der Waals surface area contributed by atoms with Crippen molar-refractivity contribution in [1.29, 1.82) is 0 Å². The first kappa shape index (κ1) is 14.8. The highest BCUT2D eigenvalue weighted by Crippen LogP contribution is 2.36. The van der Waals surface area contributed by atoms with Crippen LogP contribution in [-0.4, -0.2) is 18.5 Å². The molecule has 1 nitrogen and oxygen atoms in total. The first-order valence-corrected chi connectivity index (χ1v) is 5.71. The third-order valence-corrected chi connectivity index (χ3v) is 3.21. The Balaban J connectivity index is 2.69. The van der Waals surface area contributed by atoms with Crippen LogP contribution in [0.25, 0.3) is 0 Å². The van der Waals surface area contributed by atoms with E-state index in [1.165, 1.54) is 12.1 Å². The van der Waals surface area contributed by atoms with Crippen molar-refractivity contribution < 1.29 is 31.1 Å². The number of hydrogen-bond acceptors (Lipinski definition) is 2. The molecule has 0 aliphatic rings. The molecule has 0 saturated carbocycles. The summed E-state index contributed by atoms with van der Waals surface area (Å²) in [5.74, 6) is 0. The van der Waals surface area contributed by atoms with E-state index >= 15 is 0 Å². The molecule has 0 radical (unpaired) electrons. The van der Waals surface area contributed by atoms with E-state index in [0.29, 0.717) is 3.79 Å². The molecule has 0 atom stereocenters. The van der Waals surface area contributed by atoms with E-state index in [-0.39, 0.29) is 4.88 Å². The first-order chi connectivity index (χ1) is 7.60. The fourth-order valence-electron chi connectivity index (χ4n) is 0.969. The van der Waals surface area contributed by atoms with Crippen LogP contribution >= 0.6 is 27.3 Å². The summed E-state index contributed by atoms with van der Waals surface area (Å²) in [6.07, 6.45) is -14.7. The molecule has 1 heterocycles. The summed E-state index contributed by atoms with van der Waals surface area (Å²) >= 11 is 4.04. The Kier molecular flexibility index (Phi) is 4.48. The molecule has 1 aromatic rings. The van der Waals surface area contributed by atoms with E-state index < -0.39 is 25.1 Å². The van der Waals surface area contributed by atoms with Crippen LogP contribution in [0.3, 0.4) is 0 Å². The monoisotopic (exact) mass is 342 g/mol. The largest absolute Gasteiger partial charge is 0.423 e. The summed E-state index contributed by atoms with van der Waals surface area (Å²) in [6.45, 7) is -0.736. The molecule has 0 bridgehead atoms. The molecular weight excluding hydrogens is 338 g/mol. The fourth-order valence-corrected chi connectivity index (χ4v) is 2.37. The minimum atomic E-state index is -5.47. The number of halogens is 7. The van der Waals surface area contributed by atoms with Gasteiger partial charge in [-0.1, -0.05) is 0 Å². The van der Waals surface area contributed by atoms with E-state index in [9.17, 15) is 26.3 Å². The van der Waals surface area contributed by atoms with Gasteiger partial charge in [0.1, 0.15) is 0 Å². The number of hydrogen-bond donors (Lipinski definition) is 0. The molecule has 0 fully saturated rings. The van der Waals surface area contributed by atoms with Crippen molar-refractivity contribution in [2.24, 2.45) is 0 Å². The van der Waals surface area contributed by atoms with Gasteiger partial charge in [0.2, 0.25) is 6.10 Å². The van der Waals surface area contributed by atoms with Gasteiger partial charge in [0.05, 0.1) is 10.4 Å². The minimum Gasteiger partial charge on any atom is -0.355 e. The average molecular weight is 343 g/mol. The molecule has 0 saturated heterocycles. The maximum atomic E-state index is 12.1. The predicted molar refractivity (Wildman–Crippen MR) is 52.7 cm³/mol. The molecule has 0 amide bonds. The Bertz CT molecular complexity index is 357. The Morgan fingerprint density at radius 2 is 1.65 bits per heavy atom. The van der Waals surface area contributed by atoms with Crippen molar-refractivity contribution in [2.75, 3.05) is 0 Å². The van der Waals surface area contributed by atoms with Crippen LogP contribution in [0.5, 0.6) is 0 Å². The fraction of sp³-hybridized carbons (Fsp3) is 0.500. The SMILES string of the molecule is FC(F)(F)C(OCc1ccc(Br)s1)C(F)(F)F. The van der Waals surface area contributed by atoms with Crippen molar-refractivity contribution in [1.82, 2.24) is 0 Å².